The van der Waals surface area contributed by atoms with Crippen molar-refractivity contribution in [1.29, 1.82) is 0 Å². The van der Waals surface area contributed by atoms with Crippen molar-refractivity contribution in [3.05, 3.63) is 192 Å². The van der Waals surface area contributed by atoms with Gasteiger partial charge in [0.1, 0.15) is 11.6 Å². The number of rotatable bonds is 8. The van der Waals surface area contributed by atoms with Crippen molar-refractivity contribution in [3.63, 3.8) is 0 Å². The monoisotopic (exact) mass is 836 g/mol. The summed E-state index contributed by atoms with van der Waals surface area (Å²) < 4.78 is 10.8. The molecule has 0 saturated heterocycles. The lowest BCUT2D eigenvalue weighted by molar-refractivity contribution is 0.471. The fourth-order valence-corrected chi connectivity index (χ4v) is 8.68. The Labute approximate surface area is 380 Å². The summed E-state index contributed by atoms with van der Waals surface area (Å²) in [6.07, 6.45) is 1.88. The molecule has 2 heterocycles. The first-order valence-electron chi connectivity index (χ1n) is 22.8. The Hall–Kier alpha value is -7.04. The number of phenols is 1. The second kappa shape index (κ2) is 16.6. The molecule has 0 saturated carbocycles. The van der Waals surface area contributed by atoms with Crippen molar-refractivity contribution >= 4 is 11.0 Å². The minimum absolute atomic E-state index is 0.0780. The Morgan fingerprint density at radius 2 is 1.16 bits per heavy atom. The molecule has 64 heavy (non-hydrogen) atoms. The van der Waals surface area contributed by atoms with E-state index in [4.69, 9.17) is 11.3 Å². The van der Waals surface area contributed by atoms with Crippen LogP contribution in [-0.4, -0.2) is 19.6 Å². The number of hydrogen-bond donors (Lipinski definition) is 1. The topological polar surface area (TPSA) is 50.9 Å². The van der Waals surface area contributed by atoms with Gasteiger partial charge in [-0.2, -0.15) is 0 Å². The fraction of sp³-hybridized carbons (Fsp3) is 0.200. The number of aromatic hydroxyl groups is 1. The third-order valence-corrected chi connectivity index (χ3v) is 12.5. The summed E-state index contributed by atoms with van der Waals surface area (Å²) in [6.45, 7) is 19.2. The highest BCUT2D eigenvalue weighted by molar-refractivity contribution is 5.98. The molecule has 0 aliphatic carbocycles. The first kappa shape index (κ1) is 41.0. The molecule has 0 amide bonds. The third kappa shape index (κ3) is 8.17. The van der Waals surface area contributed by atoms with Gasteiger partial charge in [0.2, 0.25) is 0 Å². The summed E-state index contributed by atoms with van der Waals surface area (Å²) >= 11 is 0. The molecule has 0 spiro atoms. The number of pyridine rings is 1. The molecule has 0 radical (unpaired) electrons. The van der Waals surface area contributed by atoms with Crippen LogP contribution in [0.4, 0.5) is 0 Å². The number of fused-ring (bicyclic) bond motifs is 1. The number of nitrogens with zero attached hydrogens (tertiary/aromatic N) is 3. The lowest BCUT2D eigenvalue weighted by atomic mass is 9.84. The zero-order valence-electron chi connectivity index (χ0n) is 39.5. The number of aromatic nitrogens is 3. The Balaban J connectivity index is 1.31. The average Bonchev–Trinajstić information content (AvgIpc) is 3.68. The molecule has 9 rings (SSSR count). The van der Waals surface area contributed by atoms with Crippen LogP contribution in [0.5, 0.6) is 5.75 Å². The highest BCUT2D eigenvalue weighted by Crippen LogP contribution is 2.44. The Morgan fingerprint density at radius 1 is 0.531 bits per heavy atom. The van der Waals surface area contributed by atoms with Crippen molar-refractivity contribution in [2.24, 2.45) is 0 Å². The molecule has 2 aromatic heterocycles. The summed E-state index contributed by atoms with van der Waals surface area (Å²) in [7, 11) is 0. The number of imidazole rings is 1. The minimum Gasteiger partial charge on any atom is -0.507 e. The van der Waals surface area contributed by atoms with Crippen LogP contribution in [0.1, 0.15) is 84.9 Å². The van der Waals surface area contributed by atoms with Gasteiger partial charge in [-0.05, 0) is 134 Å². The van der Waals surface area contributed by atoms with E-state index in [0.29, 0.717) is 11.4 Å². The Morgan fingerprint density at radius 3 is 1.83 bits per heavy atom. The summed E-state index contributed by atoms with van der Waals surface area (Å²) in [6, 6.07) is 57.7. The van der Waals surface area contributed by atoms with Crippen LogP contribution in [0.2, 0.25) is 0 Å². The first-order chi connectivity index (χ1) is 30.9. The van der Waals surface area contributed by atoms with Gasteiger partial charge in [0.05, 0.1) is 28.0 Å². The molecular weight excluding hydrogens is 779 g/mol. The molecule has 0 unspecified atom stereocenters. The molecule has 0 fully saturated rings. The van der Waals surface area contributed by atoms with E-state index in [9.17, 15) is 5.11 Å². The summed E-state index contributed by atoms with van der Waals surface area (Å²) in [5.41, 5.74) is 17.6. The largest absolute Gasteiger partial charge is 0.507 e. The van der Waals surface area contributed by atoms with E-state index in [1.807, 2.05) is 51.2 Å². The van der Waals surface area contributed by atoms with Crippen molar-refractivity contribution < 1.29 is 6.48 Å². The lowest BCUT2D eigenvalue weighted by Crippen LogP contribution is -2.13. The van der Waals surface area contributed by atoms with Gasteiger partial charge < -0.3 is 5.11 Å². The van der Waals surface area contributed by atoms with Crippen molar-refractivity contribution in [3.8, 4) is 78.6 Å². The second-order valence-corrected chi connectivity index (χ2v) is 19.4. The smallest absolute Gasteiger partial charge is 0.149 e. The maximum Gasteiger partial charge on any atom is 0.149 e. The molecule has 7 aromatic carbocycles. The molecule has 4 heteroatoms. The van der Waals surface area contributed by atoms with Gasteiger partial charge in [0.25, 0.3) is 0 Å². The predicted molar refractivity (Wildman–Crippen MR) is 269 cm³/mol. The van der Waals surface area contributed by atoms with E-state index in [-0.39, 0.29) is 16.6 Å². The highest BCUT2D eigenvalue weighted by Gasteiger charge is 2.26. The van der Waals surface area contributed by atoms with Gasteiger partial charge in [-0.1, -0.05) is 165 Å². The van der Waals surface area contributed by atoms with Crippen LogP contribution in [0.25, 0.3) is 83.9 Å². The number of benzene rings is 7. The van der Waals surface area contributed by atoms with Crippen molar-refractivity contribution in [2.45, 2.75) is 79.0 Å². The minimum atomic E-state index is -0.674. The standard InChI is InChI=1S/C60H57N3O/c1-38(2)40-23-25-42(26-24-40)44-29-30-61-53(35-44)47-33-45(41-17-12-10-13-18-41)32-46(34-47)50-21-16-22-55-56(50)62-58(52-37-49(60(7,8)9)31-39(3)57(52)64)63(55)54-28-27-48(59(4,5)6)36-51(54)43-19-14-11-15-20-43/h10-38,64H,1-9H3/i38D. The maximum atomic E-state index is 12.1. The maximum absolute atomic E-state index is 12.1. The summed E-state index contributed by atoms with van der Waals surface area (Å²) in [4.78, 5) is 10.6. The average molecular weight is 837 g/mol. The van der Waals surface area contributed by atoms with Crippen LogP contribution >= 0.6 is 0 Å². The van der Waals surface area contributed by atoms with Crippen LogP contribution in [-0.2, 0) is 10.8 Å². The van der Waals surface area contributed by atoms with Crippen molar-refractivity contribution in [1.82, 2.24) is 14.5 Å². The van der Waals surface area contributed by atoms with Gasteiger partial charge in [0, 0.05) is 24.3 Å². The Kier molecular flexibility index (Phi) is 10.6. The molecule has 4 nitrogen and oxygen atoms in total. The van der Waals surface area contributed by atoms with Crippen LogP contribution in [0, 0.1) is 6.92 Å². The summed E-state index contributed by atoms with van der Waals surface area (Å²) in [5, 5.41) is 12.1. The van der Waals surface area contributed by atoms with E-state index in [0.717, 1.165) is 89.2 Å². The number of hydrogen-bond acceptors (Lipinski definition) is 3. The van der Waals surface area contributed by atoms with Gasteiger partial charge in [-0.25, -0.2) is 4.98 Å². The SMILES string of the molecule is [2H]C(C)(C)c1ccc(-c2ccnc(-c3cc(-c4ccccc4)cc(-c4cccc5c4nc(-c4cc(C(C)(C)C)cc(C)c4O)n5-c4ccc(C(C)(C)C)cc4-c4ccccc4)c3)c2)cc1. The molecule has 0 aliphatic heterocycles. The fourth-order valence-electron chi connectivity index (χ4n) is 8.68. The van der Waals surface area contributed by atoms with Gasteiger partial charge in [-0.3, -0.25) is 9.55 Å². The molecule has 9 aromatic rings. The molecule has 0 aliphatic rings. The third-order valence-electron chi connectivity index (χ3n) is 12.5. The Bertz CT molecular complexity index is 3200. The molecule has 0 atom stereocenters. The van der Waals surface area contributed by atoms with E-state index < -0.39 is 5.89 Å². The van der Waals surface area contributed by atoms with E-state index in [1.54, 1.807) is 0 Å². The first-order valence-corrected chi connectivity index (χ1v) is 22.3. The highest BCUT2D eigenvalue weighted by atomic mass is 16.3. The molecule has 318 valence electrons. The van der Waals surface area contributed by atoms with Gasteiger partial charge in [0.15, 0.2) is 0 Å². The molecule has 1 N–H and O–H groups in total. The van der Waals surface area contributed by atoms with Gasteiger partial charge >= 0.3 is 0 Å². The predicted octanol–water partition coefficient (Wildman–Crippen LogP) is 16.2. The zero-order chi connectivity index (χ0) is 45.8. The number of para-hydroxylation sites is 1. The lowest BCUT2D eigenvalue weighted by Gasteiger charge is -2.24. The number of aryl methyl sites for hydroxylation is 1. The quantitative estimate of drug-likeness (QED) is 0.166. The van der Waals surface area contributed by atoms with Crippen LogP contribution in [0.15, 0.2) is 170 Å². The normalized spacial score (nSPS) is 12.4. The van der Waals surface area contributed by atoms with E-state index >= 15 is 0 Å². The van der Waals surface area contributed by atoms with Crippen LogP contribution in [0.3, 0.4) is 0 Å². The summed E-state index contributed by atoms with van der Waals surface area (Å²) in [5.74, 6) is 0.224. The van der Waals surface area contributed by atoms with Gasteiger partial charge in [-0.15, -0.1) is 0 Å². The number of phenolic OH excluding ortho intramolecular Hbond substituents is 1. The molecule has 0 bridgehead atoms. The zero-order valence-corrected chi connectivity index (χ0v) is 38.5. The van der Waals surface area contributed by atoms with Crippen LogP contribution < -0.4 is 0 Å². The van der Waals surface area contributed by atoms with E-state index in [1.165, 1.54) is 5.56 Å². The molecular formula is C60H57N3O. The van der Waals surface area contributed by atoms with E-state index in [2.05, 4.69) is 186 Å². The van der Waals surface area contributed by atoms with Crippen molar-refractivity contribution in [2.75, 3.05) is 0 Å². The second-order valence-electron chi connectivity index (χ2n) is 19.4.